The Bertz CT molecular complexity index is 606. The van der Waals surface area contributed by atoms with Crippen LogP contribution in [0.1, 0.15) is 25.8 Å². The maximum atomic E-state index is 11.8. The van der Waals surface area contributed by atoms with E-state index < -0.39 is 6.16 Å². The lowest BCUT2D eigenvalue weighted by atomic mass is 10.1. The van der Waals surface area contributed by atoms with Gasteiger partial charge in [-0.1, -0.05) is 26.5 Å². The highest BCUT2D eigenvalue weighted by Crippen LogP contribution is 2.32. The van der Waals surface area contributed by atoms with Gasteiger partial charge in [-0.3, -0.25) is 0 Å². The van der Waals surface area contributed by atoms with Crippen molar-refractivity contribution < 1.29 is 28.5 Å². The molecule has 0 saturated heterocycles. The second-order valence-corrected chi connectivity index (χ2v) is 5.79. The third-order valence-corrected chi connectivity index (χ3v) is 3.20. The first-order chi connectivity index (χ1) is 12.5. The Labute approximate surface area is 155 Å². The van der Waals surface area contributed by atoms with Crippen molar-refractivity contribution in [3.8, 4) is 11.5 Å². The Hall–Kier alpha value is -2.47. The van der Waals surface area contributed by atoms with Gasteiger partial charge in [-0.25, -0.2) is 4.79 Å². The number of carbonyl (C=O) groups is 1. The predicted octanol–water partition coefficient (Wildman–Crippen LogP) is 4.45. The topological polar surface area (TPSA) is 63.2 Å². The molecular weight excluding hydrogens is 336 g/mol. The summed E-state index contributed by atoms with van der Waals surface area (Å²) < 4.78 is 26.4. The average molecular weight is 364 g/mol. The second kappa shape index (κ2) is 12.0. The molecule has 0 spiro atoms. The van der Waals surface area contributed by atoms with Crippen LogP contribution in [0, 0.1) is 5.92 Å². The van der Waals surface area contributed by atoms with Gasteiger partial charge in [0.05, 0.1) is 13.7 Å². The summed E-state index contributed by atoms with van der Waals surface area (Å²) in [5.74, 6) is 1.74. The number of carbonyl (C=O) groups excluding carboxylic acids is 1. The average Bonchev–Trinajstić information content (AvgIpc) is 2.62. The lowest BCUT2D eigenvalue weighted by molar-refractivity contribution is 0.100. The number of rotatable bonds is 11. The fourth-order valence-corrected chi connectivity index (χ4v) is 2.07. The Morgan fingerprint density at radius 3 is 2.58 bits per heavy atom. The molecule has 0 saturated carbocycles. The van der Waals surface area contributed by atoms with Crippen LogP contribution < -0.4 is 9.47 Å². The quantitative estimate of drug-likeness (QED) is 0.250. The smallest absolute Gasteiger partial charge is 0.493 e. The summed E-state index contributed by atoms with van der Waals surface area (Å²) >= 11 is 0. The maximum Gasteiger partial charge on any atom is 0.514 e. The SMILES string of the molecule is C=CCOC(=O)O/C(=C\C(C)C)c1ccc(OC)c(OCCCOC)c1. The molecule has 0 radical (unpaired) electrons. The van der Waals surface area contributed by atoms with Gasteiger partial charge in [0.1, 0.15) is 12.4 Å². The van der Waals surface area contributed by atoms with E-state index in [0.717, 1.165) is 6.42 Å². The molecule has 0 aromatic heterocycles. The molecule has 0 unspecified atom stereocenters. The van der Waals surface area contributed by atoms with Crippen LogP contribution in [0.2, 0.25) is 0 Å². The molecule has 1 aromatic carbocycles. The number of ether oxygens (including phenoxy) is 5. The first-order valence-electron chi connectivity index (χ1n) is 8.49. The van der Waals surface area contributed by atoms with E-state index in [-0.39, 0.29) is 12.5 Å². The van der Waals surface area contributed by atoms with Gasteiger partial charge < -0.3 is 23.7 Å². The van der Waals surface area contributed by atoms with Crippen molar-refractivity contribution in [2.45, 2.75) is 20.3 Å². The van der Waals surface area contributed by atoms with E-state index in [1.165, 1.54) is 6.08 Å². The van der Waals surface area contributed by atoms with E-state index in [4.69, 9.17) is 23.7 Å². The molecule has 6 heteroatoms. The molecular formula is C20H28O6. The highest BCUT2D eigenvalue weighted by Gasteiger charge is 2.14. The molecule has 0 fully saturated rings. The predicted molar refractivity (Wildman–Crippen MR) is 100 cm³/mol. The third kappa shape index (κ3) is 7.61. The van der Waals surface area contributed by atoms with Crippen molar-refractivity contribution in [1.29, 1.82) is 0 Å². The van der Waals surface area contributed by atoms with Crippen molar-refractivity contribution >= 4 is 11.9 Å². The van der Waals surface area contributed by atoms with E-state index >= 15 is 0 Å². The molecule has 0 heterocycles. The van der Waals surface area contributed by atoms with E-state index in [0.29, 0.717) is 36.0 Å². The fourth-order valence-electron chi connectivity index (χ4n) is 2.07. The number of allylic oxidation sites excluding steroid dienone is 1. The van der Waals surface area contributed by atoms with E-state index in [1.54, 1.807) is 32.4 Å². The molecule has 0 N–H and O–H groups in total. The molecule has 0 aliphatic heterocycles. The van der Waals surface area contributed by atoms with Gasteiger partial charge in [0.15, 0.2) is 11.5 Å². The third-order valence-electron chi connectivity index (χ3n) is 3.20. The fraction of sp³-hybridized carbons (Fsp3) is 0.450. The van der Waals surface area contributed by atoms with Crippen LogP contribution in [0.25, 0.3) is 5.76 Å². The monoisotopic (exact) mass is 364 g/mol. The number of hydrogen-bond donors (Lipinski definition) is 0. The Morgan fingerprint density at radius 2 is 1.96 bits per heavy atom. The van der Waals surface area contributed by atoms with Gasteiger partial charge in [-0.05, 0) is 30.2 Å². The number of benzene rings is 1. The molecule has 0 atom stereocenters. The zero-order valence-electron chi connectivity index (χ0n) is 15.9. The van der Waals surface area contributed by atoms with Crippen molar-refractivity contribution in [3.05, 3.63) is 42.5 Å². The lowest BCUT2D eigenvalue weighted by Gasteiger charge is -2.14. The molecule has 0 bridgehead atoms. The summed E-state index contributed by atoms with van der Waals surface area (Å²) in [6, 6.07) is 5.35. The van der Waals surface area contributed by atoms with Crippen LogP contribution in [-0.2, 0) is 14.2 Å². The summed E-state index contributed by atoms with van der Waals surface area (Å²) in [5, 5.41) is 0. The molecule has 0 aliphatic rings. The van der Waals surface area contributed by atoms with Gasteiger partial charge in [0, 0.05) is 25.7 Å². The van der Waals surface area contributed by atoms with Crippen LogP contribution in [-0.4, -0.2) is 40.2 Å². The minimum absolute atomic E-state index is 0.0876. The second-order valence-electron chi connectivity index (χ2n) is 5.79. The summed E-state index contributed by atoms with van der Waals surface area (Å²) in [4.78, 5) is 11.8. The summed E-state index contributed by atoms with van der Waals surface area (Å²) in [6.45, 7) is 8.67. The Morgan fingerprint density at radius 1 is 1.19 bits per heavy atom. The molecule has 0 amide bonds. The molecule has 1 rings (SSSR count). The zero-order valence-corrected chi connectivity index (χ0v) is 15.9. The number of hydrogen-bond acceptors (Lipinski definition) is 6. The van der Waals surface area contributed by atoms with E-state index in [2.05, 4.69) is 6.58 Å². The van der Waals surface area contributed by atoms with Crippen LogP contribution in [0.3, 0.4) is 0 Å². The molecule has 1 aromatic rings. The molecule has 6 nitrogen and oxygen atoms in total. The Kier molecular flexibility index (Phi) is 9.94. The normalized spacial score (nSPS) is 11.2. The van der Waals surface area contributed by atoms with Gasteiger partial charge >= 0.3 is 6.16 Å². The van der Waals surface area contributed by atoms with Crippen LogP contribution >= 0.6 is 0 Å². The zero-order chi connectivity index (χ0) is 19.4. The minimum atomic E-state index is -0.782. The van der Waals surface area contributed by atoms with Gasteiger partial charge in [-0.2, -0.15) is 0 Å². The Balaban J connectivity index is 3.01. The maximum absolute atomic E-state index is 11.8. The first kappa shape index (κ1) is 21.6. The summed E-state index contributed by atoms with van der Waals surface area (Å²) in [7, 11) is 3.22. The van der Waals surface area contributed by atoms with Crippen LogP contribution in [0.15, 0.2) is 36.9 Å². The first-order valence-corrected chi connectivity index (χ1v) is 8.49. The van der Waals surface area contributed by atoms with E-state index in [9.17, 15) is 4.79 Å². The van der Waals surface area contributed by atoms with Gasteiger partial charge in [-0.15, -0.1) is 0 Å². The number of methoxy groups -OCH3 is 2. The summed E-state index contributed by atoms with van der Waals surface area (Å²) in [6.07, 6.45) is 3.29. The molecule has 144 valence electrons. The summed E-state index contributed by atoms with van der Waals surface area (Å²) in [5.41, 5.74) is 0.691. The van der Waals surface area contributed by atoms with Gasteiger partial charge in [0.25, 0.3) is 0 Å². The van der Waals surface area contributed by atoms with Crippen LogP contribution in [0.5, 0.6) is 11.5 Å². The highest BCUT2D eigenvalue weighted by molar-refractivity contribution is 5.74. The molecule has 0 aliphatic carbocycles. The van der Waals surface area contributed by atoms with Crippen LogP contribution in [0.4, 0.5) is 4.79 Å². The van der Waals surface area contributed by atoms with Crippen molar-refractivity contribution in [2.24, 2.45) is 5.92 Å². The standard InChI is InChI=1S/C20H28O6/c1-6-10-25-20(21)26-18(13-15(2)3)16-8-9-17(23-5)19(14-16)24-12-7-11-22-4/h6,8-9,13-15H,1,7,10-12H2,2-5H3/b18-13-. The van der Waals surface area contributed by atoms with Crippen molar-refractivity contribution in [2.75, 3.05) is 34.0 Å². The largest absolute Gasteiger partial charge is 0.514 e. The highest BCUT2D eigenvalue weighted by atomic mass is 16.7. The van der Waals surface area contributed by atoms with Crippen molar-refractivity contribution in [1.82, 2.24) is 0 Å². The minimum Gasteiger partial charge on any atom is -0.493 e. The lowest BCUT2D eigenvalue weighted by Crippen LogP contribution is -2.08. The van der Waals surface area contributed by atoms with E-state index in [1.807, 2.05) is 19.9 Å². The van der Waals surface area contributed by atoms with Crippen molar-refractivity contribution in [3.63, 3.8) is 0 Å². The molecule has 26 heavy (non-hydrogen) atoms. The van der Waals surface area contributed by atoms with Gasteiger partial charge in [0.2, 0.25) is 0 Å².